The van der Waals surface area contributed by atoms with Gasteiger partial charge in [0.1, 0.15) is 0 Å². The van der Waals surface area contributed by atoms with Crippen molar-refractivity contribution in [3.8, 4) is 0 Å². The van der Waals surface area contributed by atoms with E-state index in [4.69, 9.17) is 0 Å². The SMILES string of the molecule is CCCNC(=O)CCN1C2CCC1CC(NCCC)C2. The monoisotopic (exact) mass is 281 g/mol. The van der Waals surface area contributed by atoms with Crippen LogP contribution in [0.2, 0.25) is 0 Å². The predicted octanol–water partition coefficient (Wildman–Crippen LogP) is 1.90. The van der Waals surface area contributed by atoms with Gasteiger partial charge in [0.2, 0.25) is 5.91 Å². The molecular weight excluding hydrogens is 250 g/mol. The highest BCUT2D eigenvalue weighted by Gasteiger charge is 2.40. The summed E-state index contributed by atoms with van der Waals surface area (Å²) in [5.74, 6) is 0.220. The van der Waals surface area contributed by atoms with E-state index in [0.717, 1.165) is 26.1 Å². The van der Waals surface area contributed by atoms with Crippen LogP contribution in [0.1, 0.15) is 58.8 Å². The normalized spacial score (nSPS) is 29.6. The zero-order chi connectivity index (χ0) is 14.4. The van der Waals surface area contributed by atoms with Crippen molar-refractivity contribution in [1.82, 2.24) is 15.5 Å². The maximum atomic E-state index is 11.7. The Morgan fingerprint density at radius 2 is 1.75 bits per heavy atom. The second-order valence-electron chi connectivity index (χ2n) is 6.35. The summed E-state index contributed by atoms with van der Waals surface area (Å²) in [6, 6.07) is 2.13. The number of nitrogens with one attached hydrogen (secondary N) is 2. The van der Waals surface area contributed by atoms with E-state index in [0.29, 0.717) is 24.5 Å². The molecule has 0 saturated carbocycles. The summed E-state index contributed by atoms with van der Waals surface area (Å²) in [4.78, 5) is 14.3. The van der Waals surface area contributed by atoms with Crippen molar-refractivity contribution in [2.45, 2.75) is 76.9 Å². The Balaban J connectivity index is 1.73. The van der Waals surface area contributed by atoms with E-state index in [-0.39, 0.29) is 5.91 Å². The Labute approximate surface area is 123 Å². The van der Waals surface area contributed by atoms with Gasteiger partial charge in [-0.2, -0.15) is 0 Å². The van der Waals surface area contributed by atoms with Crippen molar-refractivity contribution in [2.24, 2.45) is 0 Å². The largest absolute Gasteiger partial charge is 0.356 e. The van der Waals surface area contributed by atoms with Gasteiger partial charge in [-0.15, -0.1) is 0 Å². The first-order chi connectivity index (χ1) is 9.74. The number of carbonyl (C=O) groups is 1. The van der Waals surface area contributed by atoms with Gasteiger partial charge in [0, 0.05) is 37.6 Å². The van der Waals surface area contributed by atoms with Gasteiger partial charge in [-0.05, 0) is 45.1 Å². The number of fused-ring (bicyclic) bond motifs is 2. The topological polar surface area (TPSA) is 44.4 Å². The van der Waals surface area contributed by atoms with Crippen molar-refractivity contribution < 1.29 is 4.79 Å². The second kappa shape index (κ2) is 7.99. The summed E-state index contributed by atoms with van der Waals surface area (Å²) in [7, 11) is 0. The molecule has 0 aromatic carbocycles. The van der Waals surface area contributed by atoms with Crippen LogP contribution in [0.4, 0.5) is 0 Å². The molecule has 2 atom stereocenters. The molecule has 2 aliphatic rings. The summed E-state index contributed by atoms with van der Waals surface area (Å²) >= 11 is 0. The van der Waals surface area contributed by atoms with E-state index in [1.807, 2.05) is 0 Å². The lowest BCUT2D eigenvalue weighted by Gasteiger charge is -2.39. The molecule has 2 bridgehead atoms. The zero-order valence-corrected chi connectivity index (χ0v) is 13.2. The third kappa shape index (κ3) is 4.19. The van der Waals surface area contributed by atoms with Crippen LogP contribution in [0.15, 0.2) is 0 Å². The molecule has 2 heterocycles. The van der Waals surface area contributed by atoms with E-state index in [2.05, 4.69) is 29.4 Å². The van der Waals surface area contributed by atoms with Crippen molar-refractivity contribution in [1.29, 1.82) is 0 Å². The van der Waals surface area contributed by atoms with Crippen LogP contribution < -0.4 is 10.6 Å². The molecule has 2 rings (SSSR count). The van der Waals surface area contributed by atoms with Gasteiger partial charge in [-0.3, -0.25) is 9.69 Å². The molecule has 0 radical (unpaired) electrons. The van der Waals surface area contributed by atoms with Gasteiger partial charge in [-0.25, -0.2) is 0 Å². The van der Waals surface area contributed by atoms with E-state index in [9.17, 15) is 4.79 Å². The smallest absolute Gasteiger partial charge is 0.221 e. The molecule has 2 saturated heterocycles. The minimum Gasteiger partial charge on any atom is -0.356 e. The Kier molecular flexibility index (Phi) is 6.30. The number of hydrogen-bond donors (Lipinski definition) is 2. The first kappa shape index (κ1) is 15.8. The minimum absolute atomic E-state index is 0.220. The Hall–Kier alpha value is -0.610. The number of carbonyl (C=O) groups excluding carboxylic acids is 1. The third-order valence-electron chi connectivity index (χ3n) is 4.74. The maximum absolute atomic E-state index is 11.7. The van der Waals surface area contributed by atoms with E-state index < -0.39 is 0 Å². The molecule has 20 heavy (non-hydrogen) atoms. The number of hydrogen-bond acceptors (Lipinski definition) is 3. The average molecular weight is 281 g/mol. The summed E-state index contributed by atoms with van der Waals surface area (Å²) in [5, 5.41) is 6.66. The highest BCUT2D eigenvalue weighted by Crippen LogP contribution is 2.35. The standard InChI is InChI=1S/C16H31N3O/c1-3-8-17-13-11-14-5-6-15(12-13)19(14)10-7-16(20)18-9-4-2/h13-15,17H,3-12H2,1-2H3,(H,18,20). The van der Waals surface area contributed by atoms with Gasteiger partial charge in [0.25, 0.3) is 0 Å². The highest BCUT2D eigenvalue weighted by atomic mass is 16.1. The van der Waals surface area contributed by atoms with Crippen LogP contribution >= 0.6 is 0 Å². The number of rotatable bonds is 8. The third-order valence-corrected chi connectivity index (χ3v) is 4.74. The molecule has 2 unspecified atom stereocenters. The quantitative estimate of drug-likeness (QED) is 0.714. The number of piperidine rings is 1. The average Bonchev–Trinajstić information content (AvgIpc) is 2.69. The lowest BCUT2D eigenvalue weighted by Crippen LogP contribution is -2.50. The fraction of sp³-hybridized carbons (Fsp3) is 0.938. The zero-order valence-electron chi connectivity index (χ0n) is 13.2. The summed E-state index contributed by atoms with van der Waals surface area (Å²) in [6.45, 7) is 7.23. The van der Waals surface area contributed by atoms with Crippen molar-refractivity contribution in [3.05, 3.63) is 0 Å². The highest BCUT2D eigenvalue weighted by molar-refractivity contribution is 5.76. The van der Waals surface area contributed by atoms with Crippen LogP contribution in [-0.2, 0) is 4.79 Å². The summed E-state index contributed by atoms with van der Waals surface area (Å²) < 4.78 is 0. The molecule has 0 aliphatic carbocycles. The molecule has 0 aromatic rings. The maximum Gasteiger partial charge on any atom is 0.221 e. The minimum atomic E-state index is 0.220. The molecule has 116 valence electrons. The number of amides is 1. The van der Waals surface area contributed by atoms with Crippen molar-refractivity contribution in [3.63, 3.8) is 0 Å². The fourth-order valence-electron chi connectivity index (χ4n) is 3.74. The van der Waals surface area contributed by atoms with Crippen LogP contribution in [0, 0.1) is 0 Å². The first-order valence-corrected chi connectivity index (χ1v) is 8.50. The lowest BCUT2D eigenvalue weighted by atomic mass is 9.97. The molecule has 2 fully saturated rings. The van der Waals surface area contributed by atoms with E-state index >= 15 is 0 Å². The summed E-state index contributed by atoms with van der Waals surface area (Å²) in [5.41, 5.74) is 0. The van der Waals surface area contributed by atoms with E-state index in [1.54, 1.807) is 0 Å². The fourth-order valence-corrected chi connectivity index (χ4v) is 3.74. The second-order valence-corrected chi connectivity index (χ2v) is 6.35. The molecule has 0 aromatic heterocycles. The summed E-state index contributed by atoms with van der Waals surface area (Å²) in [6.07, 6.45) is 8.09. The van der Waals surface area contributed by atoms with Gasteiger partial charge in [0.05, 0.1) is 0 Å². The Bertz CT molecular complexity index is 294. The van der Waals surface area contributed by atoms with E-state index in [1.165, 1.54) is 32.1 Å². The van der Waals surface area contributed by atoms with Crippen LogP contribution in [0.5, 0.6) is 0 Å². The number of nitrogens with zero attached hydrogens (tertiary/aromatic N) is 1. The van der Waals surface area contributed by atoms with Gasteiger partial charge in [0.15, 0.2) is 0 Å². The molecular formula is C16H31N3O. The molecule has 0 spiro atoms. The molecule has 1 amide bonds. The predicted molar refractivity (Wildman–Crippen MR) is 82.7 cm³/mol. The Morgan fingerprint density at radius 3 is 2.35 bits per heavy atom. The lowest BCUT2D eigenvalue weighted by molar-refractivity contribution is -0.121. The van der Waals surface area contributed by atoms with Crippen LogP contribution in [0.25, 0.3) is 0 Å². The Morgan fingerprint density at radius 1 is 1.10 bits per heavy atom. The van der Waals surface area contributed by atoms with Crippen LogP contribution in [-0.4, -0.2) is 48.6 Å². The van der Waals surface area contributed by atoms with Crippen molar-refractivity contribution >= 4 is 5.91 Å². The molecule has 4 heteroatoms. The van der Waals surface area contributed by atoms with Gasteiger partial charge >= 0.3 is 0 Å². The molecule has 2 N–H and O–H groups in total. The van der Waals surface area contributed by atoms with Gasteiger partial charge < -0.3 is 10.6 Å². The van der Waals surface area contributed by atoms with Crippen molar-refractivity contribution in [2.75, 3.05) is 19.6 Å². The van der Waals surface area contributed by atoms with Crippen LogP contribution in [0.3, 0.4) is 0 Å². The first-order valence-electron chi connectivity index (χ1n) is 8.50. The van der Waals surface area contributed by atoms with Gasteiger partial charge in [-0.1, -0.05) is 13.8 Å². The molecule has 2 aliphatic heterocycles. The molecule has 4 nitrogen and oxygen atoms in total.